The van der Waals surface area contributed by atoms with E-state index in [1.807, 2.05) is 43.0 Å². The van der Waals surface area contributed by atoms with Crippen LogP contribution in [0.25, 0.3) is 0 Å². The maximum absolute atomic E-state index is 13.8. The number of hydrogen-bond acceptors (Lipinski definition) is 3. The summed E-state index contributed by atoms with van der Waals surface area (Å²) in [6, 6.07) is 12.6. The molecular formula is C24H22F3N3O. The Hall–Kier alpha value is -3.27. The SMILES string of the molecule is C=C1N(c2ccc(C#N)c(C(F)(F)F)c2)C(=O)C2(CCCC2C)N1c1ccc(C)cc1. The molecule has 1 spiro atoms. The third-order valence-corrected chi connectivity index (χ3v) is 6.48. The minimum absolute atomic E-state index is 0.00326. The fraction of sp³-hybridized carbons (Fsp3) is 0.333. The third kappa shape index (κ3) is 3.09. The second kappa shape index (κ2) is 7.16. The summed E-state index contributed by atoms with van der Waals surface area (Å²) in [7, 11) is 0. The van der Waals surface area contributed by atoms with Crippen molar-refractivity contribution in [2.45, 2.75) is 44.8 Å². The Morgan fingerprint density at radius 3 is 2.35 bits per heavy atom. The maximum atomic E-state index is 13.8. The molecule has 0 N–H and O–H groups in total. The number of aryl methyl sites for hydroxylation is 1. The van der Waals surface area contributed by atoms with Gasteiger partial charge in [-0.15, -0.1) is 0 Å². The van der Waals surface area contributed by atoms with E-state index < -0.39 is 22.8 Å². The monoisotopic (exact) mass is 425 g/mol. The molecule has 2 atom stereocenters. The number of hydrogen-bond donors (Lipinski definition) is 0. The lowest BCUT2D eigenvalue weighted by Crippen LogP contribution is -2.51. The van der Waals surface area contributed by atoms with Gasteiger partial charge >= 0.3 is 6.18 Å². The Kier molecular flexibility index (Phi) is 4.84. The van der Waals surface area contributed by atoms with E-state index in [4.69, 9.17) is 5.26 Å². The van der Waals surface area contributed by atoms with Crippen molar-refractivity contribution in [2.75, 3.05) is 9.80 Å². The van der Waals surface area contributed by atoms with E-state index in [-0.39, 0.29) is 17.5 Å². The zero-order chi connectivity index (χ0) is 22.6. The van der Waals surface area contributed by atoms with Gasteiger partial charge in [-0.05, 0) is 56.0 Å². The predicted octanol–water partition coefficient (Wildman–Crippen LogP) is 5.77. The smallest absolute Gasteiger partial charge is 0.312 e. The van der Waals surface area contributed by atoms with E-state index in [0.29, 0.717) is 12.2 Å². The van der Waals surface area contributed by atoms with Gasteiger partial charge in [-0.25, -0.2) is 0 Å². The van der Waals surface area contributed by atoms with Crippen molar-refractivity contribution < 1.29 is 18.0 Å². The highest BCUT2D eigenvalue weighted by Gasteiger charge is 2.60. The van der Waals surface area contributed by atoms with Crippen molar-refractivity contribution in [3.05, 3.63) is 71.6 Å². The first kappa shape index (κ1) is 21.0. The Labute approximate surface area is 179 Å². The normalized spacial score (nSPS) is 23.7. The molecule has 7 heteroatoms. The number of benzene rings is 2. The standard InChI is InChI=1S/C24H22F3N3O/c1-15-6-9-19(10-7-15)30-17(3)29(22(31)23(30)12-4-5-16(23)2)20-11-8-18(14-28)21(13-20)24(25,26)27/h6-11,13,16H,3-5,12H2,1-2H3. The van der Waals surface area contributed by atoms with E-state index in [2.05, 4.69) is 6.58 Å². The second-order valence-corrected chi connectivity index (χ2v) is 8.28. The molecular weight excluding hydrogens is 403 g/mol. The molecule has 0 radical (unpaired) electrons. The Bertz CT molecular complexity index is 1100. The maximum Gasteiger partial charge on any atom is 0.417 e. The van der Waals surface area contributed by atoms with Crippen LogP contribution in [0.5, 0.6) is 0 Å². The molecule has 2 aromatic rings. The number of alkyl halides is 3. The summed E-state index contributed by atoms with van der Waals surface area (Å²) in [6.45, 7) is 8.08. The average molecular weight is 425 g/mol. The Morgan fingerprint density at radius 1 is 1.16 bits per heavy atom. The molecule has 2 fully saturated rings. The highest BCUT2D eigenvalue weighted by atomic mass is 19.4. The van der Waals surface area contributed by atoms with Crippen LogP contribution in [0.3, 0.4) is 0 Å². The number of carbonyl (C=O) groups is 1. The van der Waals surface area contributed by atoms with E-state index in [1.54, 1.807) is 6.07 Å². The molecule has 4 nitrogen and oxygen atoms in total. The van der Waals surface area contributed by atoms with Crippen LogP contribution < -0.4 is 9.80 Å². The lowest BCUT2D eigenvalue weighted by atomic mass is 9.86. The van der Waals surface area contributed by atoms with Crippen LogP contribution in [-0.4, -0.2) is 11.4 Å². The molecule has 0 aromatic heterocycles. The van der Waals surface area contributed by atoms with Crippen molar-refractivity contribution >= 4 is 17.3 Å². The fourth-order valence-electron chi connectivity index (χ4n) is 4.89. The van der Waals surface area contributed by atoms with Gasteiger partial charge in [0.1, 0.15) is 11.4 Å². The zero-order valence-corrected chi connectivity index (χ0v) is 17.3. The average Bonchev–Trinajstić information content (AvgIpc) is 3.20. The summed E-state index contributed by atoms with van der Waals surface area (Å²) in [5.41, 5.74) is -0.520. The molecule has 1 heterocycles. The predicted molar refractivity (Wildman–Crippen MR) is 112 cm³/mol. The Balaban J connectivity index is 1.88. The van der Waals surface area contributed by atoms with E-state index in [9.17, 15) is 18.0 Å². The fourth-order valence-corrected chi connectivity index (χ4v) is 4.89. The van der Waals surface area contributed by atoms with Gasteiger partial charge in [-0.1, -0.05) is 37.6 Å². The lowest BCUT2D eigenvalue weighted by Gasteiger charge is -2.37. The number of carbonyl (C=O) groups excluding carboxylic acids is 1. The summed E-state index contributed by atoms with van der Waals surface area (Å²) in [6.07, 6.45) is -2.42. The molecule has 1 amide bonds. The van der Waals surface area contributed by atoms with Crippen LogP contribution in [0.1, 0.15) is 42.9 Å². The molecule has 0 bridgehead atoms. The van der Waals surface area contributed by atoms with Gasteiger partial charge in [-0.3, -0.25) is 9.69 Å². The molecule has 2 aromatic carbocycles. The minimum atomic E-state index is -4.71. The molecule has 1 saturated carbocycles. The molecule has 1 saturated heterocycles. The number of amides is 1. The zero-order valence-electron chi connectivity index (χ0n) is 17.3. The molecule has 2 aliphatic rings. The van der Waals surface area contributed by atoms with Gasteiger partial charge < -0.3 is 4.90 Å². The summed E-state index contributed by atoms with van der Waals surface area (Å²) < 4.78 is 40.6. The first-order chi connectivity index (χ1) is 14.6. The number of nitrogens with zero attached hydrogens (tertiary/aromatic N) is 3. The first-order valence-electron chi connectivity index (χ1n) is 10.1. The Morgan fingerprint density at radius 2 is 1.81 bits per heavy atom. The summed E-state index contributed by atoms with van der Waals surface area (Å²) >= 11 is 0. The molecule has 1 aliphatic carbocycles. The number of anilines is 2. The highest BCUT2D eigenvalue weighted by Crippen LogP contribution is 2.51. The van der Waals surface area contributed by atoms with Crippen molar-refractivity contribution in [2.24, 2.45) is 5.92 Å². The lowest BCUT2D eigenvalue weighted by molar-refractivity contribution is -0.137. The van der Waals surface area contributed by atoms with E-state index >= 15 is 0 Å². The van der Waals surface area contributed by atoms with Gasteiger partial charge in [-0.2, -0.15) is 18.4 Å². The van der Waals surface area contributed by atoms with Gasteiger partial charge in [0, 0.05) is 5.69 Å². The van der Waals surface area contributed by atoms with Crippen molar-refractivity contribution in [3.63, 3.8) is 0 Å². The van der Waals surface area contributed by atoms with Crippen LogP contribution in [0.15, 0.2) is 54.9 Å². The van der Waals surface area contributed by atoms with Crippen LogP contribution >= 0.6 is 0 Å². The summed E-state index contributed by atoms with van der Waals surface area (Å²) in [5, 5.41) is 9.10. The van der Waals surface area contributed by atoms with Gasteiger partial charge in [0.25, 0.3) is 5.91 Å². The molecule has 160 valence electrons. The molecule has 31 heavy (non-hydrogen) atoms. The highest BCUT2D eigenvalue weighted by molar-refractivity contribution is 6.10. The van der Waals surface area contributed by atoms with Crippen LogP contribution in [0, 0.1) is 24.2 Å². The largest absolute Gasteiger partial charge is 0.417 e. The summed E-state index contributed by atoms with van der Waals surface area (Å²) in [5.74, 6) is 0.0462. The summed E-state index contributed by atoms with van der Waals surface area (Å²) in [4.78, 5) is 17.0. The third-order valence-electron chi connectivity index (χ3n) is 6.48. The quantitative estimate of drug-likeness (QED) is 0.614. The second-order valence-electron chi connectivity index (χ2n) is 8.28. The van der Waals surface area contributed by atoms with Crippen LogP contribution in [-0.2, 0) is 11.0 Å². The van der Waals surface area contributed by atoms with Gasteiger partial charge in [0.15, 0.2) is 0 Å². The molecule has 4 rings (SSSR count). The van der Waals surface area contributed by atoms with Crippen molar-refractivity contribution in [1.29, 1.82) is 5.26 Å². The molecule has 1 aliphatic heterocycles. The van der Waals surface area contributed by atoms with Gasteiger partial charge in [0.05, 0.1) is 22.9 Å². The minimum Gasteiger partial charge on any atom is -0.312 e. The first-order valence-corrected chi connectivity index (χ1v) is 10.1. The van der Waals surface area contributed by atoms with E-state index in [1.165, 1.54) is 11.0 Å². The topological polar surface area (TPSA) is 47.3 Å². The van der Waals surface area contributed by atoms with Gasteiger partial charge in [0.2, 0.25) is 0 Å². The van der Waals surface area contributed by atoms with E-state index in [0.717, 1.165) is 36.2 Å². The molecule has 2 unspecified atom stereocenters. The number of rotatable bonds is 2. The van der Waals surface area contributed by atoms with Crippen LogP contribution in [0.2, 0.25) is 0 Å². The van der Waals surface area contributed by atoms with Crippen LogP contribution in [0.4, 0.5) is 24.5 Å². The van der Waals surface area contributed by atoms with Crippen molar-refractivity contribution in [1.82, 2.24) is 0 Å². The number of nitriles is 1. The van der Waals surface area contributed by atoms with Crippen molar-refractivity contribution in [3.8, 4) is 6.07 Å². The number of halogens is 3.